The van der Waals surface area contributed by atoms with E-state index in [4.69, 9.17) is 0 Å². The first-order valence-electron chi connectivity index (χ1n) is 7.10. The zero-order valence-corrected chi connectivity index (χ0v) is 12.3. The Hall–Kier alpha value is -2.48. The molecular formula is C19H17NO. The third-order valence-electron chi connectivity index (χ3n) is 3.75. The summed E-state index contributed by atoms with van der Waals surface area (Å²) in [5.41, 5.74) is 5.55. The molecule has 0 fully saturated rings. The molecule has 104 valence electrons. The molecule has 2 nitrogen and oxygen atoms in total. The summed E-state index contributed by atoms with van der Waals surface area (Å²) in [7, 11) is 0. The van der Waals surface area contributed by atoms with Crippen LogP contribution >= 0.6 is 0 Å². The molecule has 0 unspecified atom stereocenters. The molecule has 3 rings (SSSR count). The lowest BCUT2D eigenvalue weighted by atomic mass is 10.00. The van der Waals surface area contributed by atoms with Crippen LogP contribution in [-0.2, 0) is 6.42 Å². The molecular weight excluding hydrogens is 258 g/mol. The number of carbonyl (C=O) groups excluding carboxylic acids is 1. The molecule has 2 aromatic rings. The molecule has 2 heteroatoms. The highest BCUT2D eigenvalue weighted by Gasteiger charge is 2.15. The number of aryl methyl sites for hydroxylation is 2. The Labute approximate surface area is 124 Å². The first kappa shape index (κ1) is 13.5. The van der Waals surface area contributed by atoms with Crippen molar-refractivity contribution < 1.29 is 4.79 Å². The van der Waals surface area contributed by atoms with E-state index < -0.39 is 0 Å². The Morgan fingerprint density at radius 2 is 1.86 bits per heavy atom. The highest BCUT2D eigenvalue weighted by molar-refractivity contribution is 6.08. The molecule has 1 aliphatic carbocycles. The molecule has 0 bridgehead atoms. The van der Waals surface area contributed by atoms with Crippen molar-refractivity contribution in [1.29, 1.82) is 0 Å². The molecule has 0 radical (unpaired) electrons. The molecule has 1 aliphatic rings. The third kappa shape index (κ3) is 2.70. The Bertz CT molecular complexity index is 752. The zero-order chi connectivity index (χ0) is 14.8. The van der Waals surface area contributed by atoms with Crippen molar-refractivity contribution in [3.05, 3.63) is 82.2 Å². The fraction of sp³-hybridized carbons (Fsp3) is 0.158. The molecule has 1 aromatic carbocycles. The molecule has 0 spiro atoms. The molecule has 1 aromatic heterocycles. The van der Waals surface area contributed by atoms with Gasteiger partial charge >= 0.3 is 0 Å². The first-order chi connectivity index (χ1) is 10.1. The SMILES string of the molecule is Cc1ccc(C(=O)c2cc(C)c3c(n2)C=CC=CC3)cc1. The molecule has 0 saturated heterocycles. The second kappa shape index (κ2) is 5.49. The predicted octanol–water partition coefficient (Wildman–Crippen LogP) is 4.05. The van der Waals surface area contributed by atoms with Crippen LogP contribution in [0.2, 0.25) is 0 Å². The van der Waals surface area contributed by atoms with Gasteiger partial charge in [-0.25, -0.2) is 4.98 Å². The van der Waals surface area contributed by atoms with Crippen LogP contribution in [0.4, 0.5) is 0 Å². The second-order valence-corrected chi connectivity index (χ2v) is 5.37. The molecule has 1 heterocycles. The monoisotopic (exact) mass is 275 g/mol. The number of pyridine rings is 1. The second-order valence-electron chi connectivity index (χ2n) is 5.37. The molecule has 0 aliphatic heterocycles. The first-order valence-corrected chi connectivity index (χ1v) is 7.10. The smallest absolute Gasteiger partial charge is 0.211 e. The maximum absolute atomic E-state index is 12.6. The van der Waals surface area contributed by atoms with Crippen molar-refractivity contribution in [1.82, 2.24) is 4.98 Å². The van der Waals surface area contributed by atoms with Crippen LogP contribution in [0.5, 0.6) is 0 Å². The largest absolute Gasteiger partial charge is 0.287 e. The molecule has 21 heavy (non-hydrogen) atoms. The highest BCUT2D eigenvalue weighted by Crippen LogP contribution is 2.20. The minimum atomic E-state index is -0.0218. The normalized spacial score (nSPS) is 12.9. The van der Waals surface area contributed by atoms with Gasteiger partial charge in [-0.1, -0.05) is 48.1 Å². The lowest BCUT2D eigenvalue weighted by Crippen LogP contribution is -2.08. The topological polar surface area (TPSA) is 30.0 Å². The lowest BCUT2D eigenvalue weighted by Gasteiger charge is -2.10. The summed E-state index contributed by atoms with van der Waals surface area (Å²) in [5.74, 6) is -0.0218. The number of allylic oxidation sites excluding steroid dienone is 3. The summed E-state index contributed by atoms with van der Waals surface area (Å²) in [4.78, 5) is 17.1. The van der Waals surface area contributed by atoms with Crippen LogP contribution in [-0.4, -0.2) is 10.8 Å². The van der Waals surface area contributed by atoms with Crippen LogP contribution < -0.4 is 0 Å². The molecule has 0 saturated carbocycles. The minimum absolute atomic E-state index is 0.0218. The average Bonchev–Trinajstić information content (AvgIpc) is 2.73. The fourth-order valence-electron chi connectivity index (χ4n) is 2.51. The van der Waals surface area contributed by atoms with Gasteiger partial charge < -0.3 is 0 Å². The number of carbonyl (C=O) groups is 1. The number of hydrogen-bond acceptors (Lipinski definition) is 2. The van der Waals surface area contributed by atoms with Gasteiger partial charge in [-0.15, -0.1) is 0 Å². The Morgan fingerprint density at radius 1 is 1.10 bits per heavy atom. The van der Waals surface area contributed by atoms with Crippen molar-refractivity contribution >= 4 is 11.9 Å². The predicted molar refractivity (Wildman–Crippen MR) is 85.5 cm³/mol. The van der Waals surface area contributed by atoms with Crippen molar-refractivity contribution in [3.8, 4) is 0 Å². The summed E-state index contributed by atoms with van der Waals surface area (Å²) < 4.78 is 0. The zero-order valence-electron chi connectivity index (χ0n) is 12.3. The van der Waals surface area contributed by atoms with Crippen LogP contribution in [0, 0.1) is 13.8 Å². The highest BCUT2D eigenvalue weighted by atomic mass is 16.1. The van der Waals surface area contributed by atoms with Gasteiger partial charge in [-0.05, 0) is 43.5 Å². The van der Waals surface area contributed by atoms with Crippen molar-refractivity contribution in [2.75, 3.05) is 0 Å². The van der Waals surface area contributed by atoms with E-state index in [1.165, 1.54) is 5.56 Å². The number of ketones is 1. The van der Waals surface area contributed by atoms with Gasteiger partial charge in [-0.2, -0.15) is 0 Å². The van der Waals surface area contributed by atoms with E-state index in [0.717, 1.165) is 23.2 Å². The molecule has 0 atom stereocenters. The van der Waals surface area contributed by atoms with Crippen LogP contribution in [0.25, 0.3) is 6.08 Å². The standard InChI is InChI=1S/C19H17NO/c1-13-8-10-15(11-9-13)19(21)18-12-14(2)16-6-4-3-5-7-17(16)20-18/h3-5,7-12H,6H2,1-2H3. The average molecular weight is 275 g/mol. The van der Waals surface area contributed by atoms with Crippen LogP contribution in [0.3, 0.4) is 0 Å². The van der Waals surface area contributed by atoms with Gasteiger partial charge in [-0.3, -0.25) is 4.79 Å². The summed E-state index contributed by atoms with van der Waals surface area (Å²) in [6.07, 6.45) is 8.93. The quantitative estimate of drug-likeness (QED) is 0.774. The van der Waals surface area contributed by atoms with Crippen molar-refractivity contribution in [2.24, 2.45) is 0 Å². The number of aromatic nitrogens is 1. The summed E-state index contributed by atoms with van der Waals surface area (Å²) in [6.45, 7) is 4.05. The van der Waals surface area contributed by atoms with Gasteiger partial charge in [0, 0.05) is 5.56 Å². The van der Waals surface area contributed by atoms with Crippen molar-refractivity contribution in [2.45, 2.75) is 20.3 Å². The van der Waals surface area contributed by atoms with E-state index in [2.05, 4.69) is 11.1 Å². The van der Waals surface area contributed by atoms with Gasteiger partial charge in [0.05, 0.1) is 5.69 Å². The van der Waals surface area contributed by atoms with Gasteiger partial charge in [0.25, 0.3) is 0 Å². The maximum atomic E-state index is 12.6. The van der Waals surface area contributed by atoms with E-state index in [1.54, 1.807) is 0 Å². The van der Waals surface area contributed by atoms with Crippen LogP contribution in [0.1, 0.15) is 38.4 Å². The lowest BCUT2D eigenvalue weighted by molar-refractivity contribution is 0.103. The van der Waals surface area contributed by atoms with Gasteiger partial charge in [0.1, 0.15) is 5.69 Å². The van der Waals surface area contributed by atoms with E-state index in [-0.39, 0.29) is 5.78 Å². The van der Waals surface area contributed by atoms with E-state index in [1.807, 2.05) is 62.4 Å². The van der Waals surface area contributed by atoms with Crippen LogP contribution in [0.15, 0.2) is 48.6 Å². The van der Waals surface area contributed by atoms with E-state index in [0.29, 0.717) is 11.3 Å². The number of rotatable bonds is 2. The van der Waals surface area contributed by atoms with E-state index >= 15 is 0 Å². The van der Waals surface area contributed by atoms with Gasteiger partial charge in [0.15, 0.2) is 0 Å². The number of nitrogens with zero attached hydrogens (tertiary/aromatic N) is 1. The Morgan fingerprint density at radius 3 is 2.62 bits per heavy atom. The van der Waals surface area contributed by atoms with Gasteiger partial charge in [0.2, 0.25) is 5.78 Å². The summed E-state index contributed by atoms with van der Waals surface area (Å²) >= 11 is 0. The Balaban J connectivity index is 2.03. The number of benzene rings is 1. The van der Waals surface area contributed by atoms with E-state index in [9.17, 15) is 4.79 Å². The summed E-state index contributed by atoms with van der Waals surface area (Å²) in [6, 6.07) is 9.52. The fourth-order valence-corrected chi connectivity index (χ4v) is 2.51. The molecule has 0 N–H and O–H groups in total. The minimum Gasteiger partial charge on any atom is -0.287 e. The summed E-state index contributed by atoms with van der Waals surface area (Å²) in [5, 5.41) is 0. The number of hydrogen-bond donors (Lipinski definition) is 0. The maximum Gasteiger partial charge on any atom is 0.211 e. The van der Waals surface area contributed by atoms with Crippen molar-refractivity contribution in [3.63, 3.8) is 0 Å². The molecule has 0 amide bonds. The number of fused-ring (bicyclic) bond motifs is 1. The third-order valence-corrected chi connectivity index (χ3v) is 3.75. The Kier molecular flexibility index (Phi) is 3.53.